The quantitative estimate of drug-likeness (QED) is 0.0499. The number of benzene rings is 12. The summed E-state index contributed by atoms with van der Waals surface area (Å²) in [5, 5.41) is -3.00. The highest BCUT2D eigenvalue weighted by Crippen LogP contribution is 2.40. The minimum atomic E-state index is -6.48. The highest BCUT2D eigenvalue weighted by molar-refractivity contribution is 7.19. The molecule has 3 heterocycles. The van der Waals surface area contributed by atoms with Gasteiger partial charge in [0.2, 0.25) is 0 Å². The van der Waals surface area contributed by atoms with E-state index in [-0.39, 0.29) is 56.5 Å². The molecule has 0 fully saturated rings. The van der Waals surface area contributed by atoms with Crippen LogP contribution in [0.5, 0.6) is 11.5 Å². The number of imidazole rings is 1. The lowest BCUT2D eigenvalue weighted by atomic mass is 9.79. The molecule has 0 amide bonds. The summed E-state index contributed by atoms with van der Waals surface area (Å²) >= 11 is 0. The highest BCUT2D eigenvalue weighted by atomic mass is 28.3. The average Bonchev–Trinajstić information content (AvgIpc) is 1.19. The fraction of sp³-hybridized carbons (Fsp3) is 0.103. The van der Waals surface area contributed by atoms with Gasteiger partial charge >= 0.3 is 0 Å². The Morgan fingerprint density at radius 1 is 0.452 bits per heavy atom. The summed E-state index contributed by atoms with van der Waals surface area (Å²) in [5.41, 5.74) is 1.11. The number of aromatic nitrogens is 4. The Bertz CT molecular complexity index is 6880. The third kappa shape index (κ3) is 10.8. The predicted octanol–water partition coefficient (Wildman–Crippen LogP) is 18.9. The minimum Gasteiger partial charge on any atom is -0.458 e. The van der Waals surface area contributed by atoms with Gasteiger partial charge in [-0.2, -0.15) is 0 Å². The second-order valence-electron chi connectivity index (χ2n) is 24.2. The van der Waals surface area contributed by atoms with Crippen molar-refractivity contribution in [3.8, 4) is 73.2 Å². The van der Waals surface area contributed by atoms with Crippen LogP contribution in [0.25, 0.3) is 94.5 Å². The van der Waals surface area contributed by atoms with Crippen LogP contribution < -0.4 is 30.1 Å². The third-order valence-corrected chi connectivity index (χ3v) is 20.4. The molecule has 0 aliphatic carbocycles. The van der Waals surface area contributed by atoms with Crippen LogP contribution in [0.1, 0.15) is 102 Å². The van der Waals surface area contributed by atoms with Gasteiger partial charge in [-0.1, -0.05) is 290 Å². The van der Waals surface area contributed by atoms with Crippen molar-refractivity contribution in [2.75, 3.05) is 0 Å². The number of fused-ring (bicyclic) bond motifs is 4. The van der Waals surface area contributed by atoms with Crippen LogP contribution in [0, 0.1) is 13.2 Å². The number of pyridine rings is 1. The van der Waals surface area contributed by atoms with Gasteiger partial charge in [0.1, 0.15) is 17.3 Å². The smallest absolute Gasteiger partial charge is 0.269 e. The lowest BCUT2D eigenvalue weighted by molar-refractivity contribution is -0.571. The van der Waals surface area contributed by atoms with Gasteiger partial charge in [-0.25, -0.2) is 4.98 Å². The maximum atomic E-state index is 11.0. The third-order valence-electron chi connectivity index (χ3n) is 16.4. The molecule has 0 unspecified atom stereocenters. The Balaban J connectivity index is 1.04. The molecule has 0 N–H and O–H groups in total. The second-order valence-corrected chi connectivity index (χ2v) is 27.7. The van der Waals surface area contributed by atoms with E-state index in [1.54, 1.807) is 75.9 Å². The van der Waals surface area contributed by atoms with E-state index in [1.165, 1.54) is 35.0 Å². The molecule has 12 aromatic carbocycles. The van der Waals surface area contributed by atoms with Crippen LogP contribution in [0.2, 0.25) is 0 Å². The molecule has 450 valence electrons. The fourth-order valence-electron chi connectivity index (χ4n) is 11.8. The molecule has 5 nitrogen and oxygen atoms in total. The first kappa shape index (κ1) is 32.9. The van der Waals surface area contributed by atoms with Crippen LogP contribution in [0.15, 0.2) is 309 Å². The van der Waals surface area contributed by atoms with Gasteiger partial charge in [-0.05, 0) is 143 Å². The molecular weight excluding hydrogens is 1150 g/mol. The summed E-state index contributed by atoms with van der Waals surface area (Å²) < 4.78 is 310. The van der Waals surface area contributed by atoms with Crippen molar-refractivity contribution in [2.45, 2.75) is 59.2 Å². The van der Waals surface area contributed by atoms with E-state index in [4.69, 9.17) is 28.9 Å². The minimum absolute atomic E-state index is 0.0771. The molecule has 0 bridgehead atoms. The highest BCUT2D eigenvalue weighted by Gasteiger charge is 2.41. The van der Waals surface area contributed by atoms with Crippen LogP contribution in [0.3, 0.4) is 0 Å². The van der Waals surface area contributed by atoms with Crippen molar-refractivity contribution in [1.29, 1.82) is 0 Å². The average molecular weight is 1250 g/mol. The number of rotatable bonds is 13. The van der Waals surface area contributed by atoms with E-state index < -0.39 is 238 Å². The van der Waals surface area contributed by atoms with Gasteiger partial charge in [0.05, 0.1) is 73.2 Å². The zero-order valence-corrected chi connectivity index (χ0v) is 51.9. The topological polar surface area (TPSA) is 35.9 Å². The van der Waals surface area contributed by atoms with Crippen molar-refractivity contribution in [1.82, 2.24) is 14.1 Å². The van der Waals surface area contributed by atoms with Gasteiger partial charge < -0.3 is 4.74 Å². The van der Waals surface area contributed by atoms with E-state index >= 15 is 0 Å². The zero-order chi connectivity index (χ0) is 91.2. The monoisotopic (exact) mass is 1250 g/mol. The Hall–Kier alpha value is -10.9. The lowest BCUT2D eigenvalue weighted by Crippen LogP contribution is -2.74. The number of aryl methyl sites for hydroxylation is 1. The van der Waals surface area contributed by atoms with Gasteiger partial charge in [0.15, 0.2) is 8.07 Å². The van der Waals surface area contributed by atoms with Gasteiger partial charge in [-0.3, -0.25) is 13.7 Å². The van der Waals surface area contributed by atoms with Gasteiger partial charge in [0.25, 0.3) is 6.33 Å². The first-order chi connectivity index (χ1) is 58.5. The molecule has 6 heteroatoms. The Labute approximate surface area is 591 Å². The SMILES string of the molecule is [2H]c1c([2H])c([2H])c(-c2cnc(-n3c4ccccc4c4ccc(Oc5cccc(-n6[c-][n+](-c7c(-c8c([2H])c([2H])c([2H])c([2H])c8[2H])cccc7-c7c([2H])c([2H])c([2H])c([Si](c8c([2H])c([2H])c([2H])c([2H])c8[2H])(c8c([2H])c([2H])c([2H])c([2H])c8[2H])c8c([2H])c([2H])c([2H])c([2H])c8[2H])c7[2H])c7ccc(-c8cc(C(C)(C)C)cc(C(C)(C)C)c8)cc76)c5)cc43)cc2C([2H])([2H])[2H])c([2H])c1[2H]. The molecule has 93 heavy (non-hydrogen) atoms. The molecule has 0 saturated carbocycles. The standard InChI is InChI=1S/C87H72N4OSi/c1-60-50-84(88-58-79(60)62-30-15-9-16-31-62)91-80-45-24-23-42-77(80)78-48-47-70(57-82(78)91)92-69-34-26-33-68(56-69)89-59-90(81-49-46-63(54-83(81)89)65-51-66(86(2,3)4)55-67(52-65)87(5,6)7)85-75(61-28-13-8-14-29-61)43-27-44-76(85)64-32-25-41-74(53-64)93(71-35-17-10-18-36-71,72-37-19-11-20-38-72)73-39-21-12-22-40-73/h8-58H,1-7H3/i1D3,8D,9D,10D,11D,12D,13D,14D,15D,16D,17D,18D,19D,20D,21D,22D,25D,28D,29D,30D,31D,32D,35D,36D,37D,38D,39D,40D,41D,53D. The molecule has 0 atom stereocenters. The summed E-state index contributed by atoms with van der Waals surface area (Å²) in [6.45, 7) is 9.53. The maximum Gasteiger partial charge on any atom is 0.269 e. The summed E-state index contributed by atoms with van der Waals surface area (Å²) in [5.74, 6) is 0.471. The van der Waals surface area contributed by atoms with Crippen LogP contribution in [0.4, 0.5) is 0 Å². The number of para-hydroxylation sites is 2. The number of hydrogen-bond donors (Lipinski definition) is 0. The largest absolute Gasteiger partial charge is 0.458 e. The van der Waals surface area contributed by atoms with E-state index in [0.29, 0.717) is 32.9 Å². The van der Waals surface area contributed by atoms with E-state index in [9.17, 15) is 24.7 Å². The Kier molecular flexibility index (Phi) is 8.39. The van der Waals surface area contributed by atoms with Gasteiger partial charge in [0, 0.05) is 32.7 Å². The summed E-state index contributed by atoms with van der Waals surface area (Å²) in [4.78, 5) is 4.73. The molecule has 15 rings (SSSR count). The normalized spacial score (nSPS) is 17.0. The maximum absolute atomic E-state index is 11.0. The number of nitrogens with zero attached hydrogens (tertiary/aromatic N) is 4. The summed E-state index contributed by atoms with van der Waals surface area (Å²) in [6.07, 6.45) is 4.63. The Morgan fingerprint density at radius 3 is 1.65 bits per heavy atom. The van der Waals surface area contributed by atoms with E-state index in [2.05, 4.69) is 66.1 Å². The first-order valence-corrected chi connectivity index (χ1v) is 31.6. The fourth-order valence-corrected chi connectivity index (χ4v) is 15.4. The molecule has 0 saturated heterocycles. The lowest BCUT2D eigenvalue weighted by Gasteiger charge is -2.34. The zero-order valence-electron chi connectivity index (χ0n) is 82.9. The Morgan fingerprint density at radius 2 is 1.01 bits per heavy atom. The van der Waals surface area contributed by atoms with Crippen LogP contribution in [-0.2, 0) is 10.8 Å². The number of ether oxygens (including phenoxy) is 1. The summed E-state index contributed by atoms with van der Waals surface area (Å²) in [7, 11) is -6.48. The van der Waals surface area contributed by atoms with Gasteiger partial charge in [-0.15, -0.1) is 0 Å². The molecule has 0 aliphatic heterocycles. The molecular formula is C87H72N4OSi. The molecule has 0 spiro atoms. The predicted molar refractivity (Wildman–Crippen MR) is 390 cm³/mol. The van der Waals surface area contributed by atoms with Crippen LogP contribution in [-0.4, -0.2) is 22.2 Å². The number of hydrogen-bond acceptors (Lipinski definition) is 2. The first-order valence-electron chi connectivity index (χ1n) is 45.6. The molecule has 3 aromatic heterocycles. The molecule has 0 aliphatic rings. The van der Waals surface area contributed by atoms with Crippen molar-refractivity contribution in [2.24, 2.45) is 0 Å². The van der Waals surface area contributed by atoms with Crippen molar-refractivity contribution in [3.63, 3.8) is 0 Å². The van der Waals surface area contributed by atoms with Crippen molar-refractivity contribution >= 4 is 61.7 Å². The summed E-state index contributed by atoms with van der Waals surface area (Å²) in [6, 6.07) is 6.35. The van der Waals surface area contributed by atoms with E-state index in [1.807, 2.05) is 18.2 Å². The molecule has 0 radical (unpaired) electrons. The van der Waals surface area contributed by atoms with Crippen molar-refractivity contribution in [3.05, 3.63) is 332 Å². The van der Waals surface area contributed by atoms with Crippen LogP contribution >= 0.6 is 0 Å². The second kappa shape index (κ2) is 23.7. The van der Waals surface area contributed by atoms with E-state index in [0.717, 1.165) is 16.7 Å². The van der Waals surface area contributed by atoms with Crippen molar-refractivity contribution < 1.29 is 53.2 Å². The molecule has 15 aromatic rings.